The number of carboxylic acid groups (broad SMARTS) is 1. The maximum absolute atomic E-state index is 10.5. The van der Waals surface area contributed by atoms with Crippen LogP contribution in [-0.2, 0) is 11.3 Å². The Morgan fingerprint density at radius 2 is 1.95 bits per heavy atom. The van der Waals surface area contributed by atoms with Gasteiger partial charge in [0.1, 0.15) is 5.15 Å². The lowest BCUT2D eigenvalue weighted by Crippen LogP contribution is -2.18. The van der Waals surface area contributed by atoms with Gasteiger partial charge in [0.25, 0.3) is 0 Å². The Morgan fingerprint density at radius 3 is 2.52 bits per heavy atom. The first-order valence-corrected chi connectivity index (χ1v) is 7.08. The zero-order valence-corrected chi connectivity index (χ0v) is 13.2. The molecule has 7 heteroatoms. The number of aromatic nitrogens is 2. The third-order valence-corrected chi connectivity index (χ3v) is 3.97. The van der Waals surface area contributed by atoms with Gasteiger partial charge in [0, 0.05) is 21.2 Å². The normalized spacial score (nSPS) is 11.2. The van der Waals surface area contributed by atoms with Crippen molar-refractivity contribution in [3.63, 3.8) is 0 Å². The largest absolute Gasteiger partial charge is 0.545 e. The van der Waals surface area contributed by atoms with Crippen LogP contribution < -0.4 is 5.11 Å². The van der Waals surface area contributed by atoms with Gasteiger partial charge in [-0.3, -0.25) is 0 Å². The molecule has 1 aromatic heterocycles. The first-order chi connectivity index (χ1) is 9.90. The van der Waals surface area contributed by atoms with Crippen LogP contribution >= 0.6 is 34.8 Å². The van der Waals surface area contributed by atoms with E-state index < -0.39 is 5.97 Å². The Balaban J connectivity index is 2.38. The van der Waals surface area contributed by atoms with E-state index in [0.29, 0.717) is 32.0 Å². The molecular weight excluding hydrogens is 335 g/mol. The van der Waals surface area contributed by atoms with E-state index in [1.165, 1.54) is 10.8 Å². The van der Waals surface area contributed by atoms with Crippen molar-refractivity contribution in [2.24, 2.45) is 0 Å². The molecule has 0 fully saturated rings. The van der Waals surface area contributed by atoms with Crippen LogP contribution in [0.5, 0.6) is 0 Å². The van der Waals surface area contributed by atoms with Crippen molar-refractivity contribution in [1.29, 1.82) is 0 Å². The number of hydrogen-bond donors (Lipinski definition) is 0. The summed E-state index contributed by atoms with van der Waals surface area (Å²) in [6.07, 6.45) is 2.26. The molecule has 0 amide bonds. The molecule has 2 rings (SSSR count). The molecule has 0 unspecified atom stereocenters. The number of benzene rings is 1. The van der Waals surface area contributed by atoms with Crippen LogP contribution in [0.1, 0.15) is 16.8 Å². The van der Waals surface area contributed by atoms with Gasteiger partial charge in [0.15, 0.2) is 0 Å². The Bertz CT molecular complexity index is 703. The fourth-order valence-corrected chi connectivity index (χ4v) is 2.66. The average molecular weight is 345 g/mol. The molecule has 21 heavy (non-hydrogen) atoms. The fourth-order valence-electron chi connectivity index (χ4n) is 1.85. The molecule has 0 aliphatic heterocycles. The van der Waals surface area contributed by atoms with Crippen molar-refractivity contribution in [1.82, 2.24) is 9.78 Å². The Morgan fingerprint density at radius 1 is 1.33 bits per heavy atom. The van der Waals surface area contributed by atoms with Gasteiger partial charge >= 0.3 is 0 Å². The maximum Gasteiger partial charge on any atom is 0.134 e. The van der Waals surface area contributed by atoms with Gasteiger partial charge in [-0.2, -0.15) is 5.10 Å². The summed E-state index contributed by atoms with van der Waals surface area (Å²) >= 11 is 18.4. The number of nitrogens with zero attached hydrogens (tertiary/aromatic N) is 2. The monoisotopic (exact) mass is 343 g/mol. The number of carboxylic acids is 1. The number of carbonyl (C=O) groups excluding carboxylic acids is 1. The van der Waals surface area contributed by atoms with Gasteiger partial charge in [0.2, 0.25) is 0 Å². The van der Waals surface area contributed by atoms with Gasteiger partial charge in [-0.1, -0.05) is 40.9 Å². The van der Waals surface area contributed by atoms with Crippen molar-refractivity contribution >= 4 is 46.8 Å². The predicted octanol–water partition coefficient (Wildman–Crippen LogP) is 2.96. The molecule has 0 aliphatic rings. The molecule has 1 heterocycles. The summed E-state index contributed by atoms with van der Waals surface area (Å²) in [6, 6.07) is 5.20. The highest BCUT2D eigenvalue weighted by atomic mass is 35.5. The molecule has 0 saturated carbocycles. The summed E-state index contributed by atoms with van der Waals surface area (Å²) in [5.74, 6) is -1.30. The molecule has 0 bridgehead atoms. The Kier molecular flexibility index (Phi) is 4.93. The van der Waals surface area contributed by atoms with E-state index in [4.69, 9.17) is 34.8 Å². The number of aliphatic carboxylic acids is 1. The van der Waals surface area contributed by atoms with Crippen LogP contribution in [0.15, 0.2) is 24.3 Å². The molecular formula is C14H10Cl3N2O2-. The third-order valence-electron chi connectivity index (χ3n) is 2.87. The molecule has 0 radical (unpaired) electrons. The lowest BCUT2D eigenvalue weighted by molar-refractivity contribution is -0.297. The summed E-state index contributed by atoms with van der Waals surface area (Å²) in [5.41, 5.74) is 1.81. The Hall–Kier alpha value is -1.49. The molecule has 1 aromatic carbocycles. The Labute approximate surface area is 136 Å². The first-order valence-electron chi connectivity index (χ1n) is 5.95. The van der Waals surface area contributed by atoms with Crippen molar-refractivity contribution < 1.29 is 9.90 Å². The average Bonchev–Trinajstić information content (AvgIpc) is 2.67. The second kappa shape index (κ2) is 6.52. The molecule has 0 spiro atoms. The van der Waals surface area contributed by atoms with Crippen molar-refractivity contribution in [2.45, 2.75) is 13.5 Å². The molecule has 0 N–H and O–H groups in total. The predicted molar refractivity (Wildman–Crippen MR) is 81.6 cm³/mol. The number of aryl methyl sites for hydroxylation is 1. The van der Waals surface area contributed by atoms with E-state index in [1.807, 2.05) is 0 Å². The molecule has 0 saturated heterocycles. The highest BCUT2D eigenvalue weighted by Crippen LogP contribution is 2.28. The second-order valence-electron chi connectivity index (χ2n) is 4.30. The van der Waals surface area contributed by atoms with Crippen LogP contribution in [0.4, 0.5) is 0 Å². The summed E-state index contributed by atoms with van der Waals surface area (Å²) in [7, 11) is 0. The minimum absolute atomic E-state index is 0.289. The summed E-state index contributed by atoms with van der Waals surface area (Å²) in [6.45, 7) is 2.02. The zero-order valence-electron chi connectivity index (χ0n) is 10.9. The van der Waals surface area contributed by atoms with E-state index in [2.05, 4.69) is 5.10 Å². The van der Waals surface area contributed by atoms with Gasteiger partial charge < -0.3 is 9.90 Å². The van der Waals surface area contributed by atoms with Crippen LogP contribution in [0.25, 0.3) is 6.08 Å². The third kappa shape index (κ3) is 3.59. The highest BCUT2D eigenvalue weighted by Gasteiger charge is 2.14. The van der Waals surface area contributed by atoms with Crippen LogP contribution in [0.3, 0.4) is 0 Å². The second-order valence-corrected chi connectivity index (χ2v) is 5.47. The molecule has 4 nitrogen and oxygen atoms in total. The molecule has 0 atom stereocenters. The van der Waals surface area contributed by atoms with E-state index >= 15 is 0 Å². The van der Waals surface area contributed by atoms with E-state index in [9.17, 15) is 9.90 Å². The van der Waals surface area contributed by atoms with Crippen molar-refractivity contribution in [3.05, 3.63) is 56.3 Å². The number of halogens is 3. The lowest BCUT2D eigenvalue weighted by Gasteiger charge is -2.08. The molecule has 110 valence electrons. The minimum atomic E-state index is -1.30. The SMILES string of the molecule is Cc1nn(Cc2c(Cl)cccc2Cl)c(Cl)c1/C=C/C(=O)[O-]. The lowest BCUT2D eigenvalue weighted by atomic mass is 10.2. The maximum atomic E-state index is 10.5. The summed E-state index contributed by atoms with van der Waals surface area (Å²) < 4.78 is 1.51. The van der Waals surface area contributed by atoms with E-state index in [-0.39, 0.29) is 6.54 Å². The summed E-state index contributed by atoms with van der Waals surface area (Å²) in [4.78, 5) is 10.5. The van der Waals surface area contributed by atoms with E-state index in [0.717, 1.165) is 6.08 Å². The van der Waals surface area contributed by atoms with Crippen LogP contribution in [-0.4, -0.2) is 15.7 Å². The van der Waals surface area contributed by atoms with Gasteiger partial charge in [-0.15, -0.1) is 0 Å². The van der Waals surface area contributed by atoms with Crippen molar-refractivity contribution in [3.8, 4) is 0 Å². The first kappa shape index (κ1) is 15.9. The minimum Gasteiger partial charge on any atom is -0.545 e. The summed E-state index contributed by atoms with van der Waals surface area (Å²) in [5, 5.41) is 16.1. The van der Waals surface area contributed by atoms with Crippen molar-refractivity contribution in [2.75, 3.05) is 0 Å². The van der Waals surface area contributed by atoms with Crippen LogP contribution in [0, 0.1) is 6.92 Å². The van der Waals surface area contributed by atoms with E-state index in [1.54, 1.807) is 25.1 Å². The smallest absolute Gasteiger partial charge is 0.134 e. The standard InChI is InChI=1S/C14H11Cl3N2O2/c1-8-9(5-6-13(20)21)14(17)19(18-8)7-10-11(15)3-2-4-12(10)16/h2-6H,7H2,1H3,(H,20,21)/p-1/b6-5+. The number of hydrogen-bond acceptors (Lipinski definition) is 3. The van der Waals surface area contributed by atoms with Gasteiger partial charge in [0.05, 0.1) is 18.2 Å². The fraction of sp³-hybridized carbons (Fsp3) is 0.143. The topological polar surface area (TPSA) is 58.0 Å². The molecule has 2 aromatic rings. The van der Waals surface area contributed by atoms with Gasteiger partial charge in [-0.25, -0.2) is 4.68 Å². The molecule has 0 aliphatic carbocycles. The number of carbonyl (C=O) groups is 1. The number of rotatable bonds is 4. The zero-order chi connectivity index (χ0) is 15.6. The van der Waals surface area contributed by atoms with Crippen LogP contribution in [0.2, 0.25) is 15.2 Å². The quantitative estimate of drug-likeness (QED) is 0.801. The van der Waals surface area contributed by atoms with Gasteiger partial charge in [-0.05, 0) is 31.2 Å². The highest BCUT2D eigenvalue weighted by molar-refractivity contribution is 6.36.